The number of nitrogens with one attached hydrogen (secondary N) is 1. The lowest BCUT2D eigenvalue weighted by Crippen LogP contribution is -2.14. The van der Waals surface area contributed by atoms with Gasteiger partial charge in [0.05, 0.1) is 0 Å². The van der Waals surface area contributed by atoms with Crippen molar-refractivity contribution in [3.05, 3.63) is 53.1 Å². The number of allylic oxidation sites excluding steroid dienone is 2. The van der Waals surface area contributed by atoms with Crippen LogP contribution in [-0.2, 0) is 4.79 Å². The van der Waals surface area contributed by atoms with E-state index in [9.17, 15) is 4.79 Å². The van der Waals surface area contributed by atoms with Crippen LogP contribution in [0.5, 0.6) is 5.75 Å². The molecule has 0 saturated heterocycles. The zero-order valence-corrected chi connectivity index (χ0v) is 10.6. The van der Waals surface area contributed by atoms with E-state index in [0.717, 1.165) is 5.57 Å². The van der Waals surface area contributed by atoms with Crippen molar-refractivity contribution in [1.29, 1.82) is 0 Å². The lowest BCUT2D eigenvalue weighted by molar-refractivity contribution is -0.124. The van der Waals surface area contributed by atoms with Gasteiger partial charge in [-0.15, -0.1) is 0 Å². The lowest BCUT2D eigenvalue weighted by atomic mass is 10.2. The van der Waals surface area contributed by atoms with E-state index in [2.05, 4.69) is 0 Å². The minimum atomic E-state index is -0.571. The highest BCUT2D eigenvalue weighted by molar-refractivity contribution is 6.30. The number of hydroxylamine groups is 1. The SMILES string of the molecule is CC(/C=C/C(=O)NO)=C\COc1cccc(Cl)c1. The molecule has 0 aromatic heterocycles. The summed E-state index contributed by atoms with van der Waals surface area (Å²) in [5, 5.41) is 8.91. The van der Waals surface area contributed by atoms with Gasteiger partial charge in [0.2, 0.25) is 0 Å². The molecule has 0 unspecified atom stereocenters. The predicted octanol–water partition coefficient (Wildman–Crippen LogP) is 2.73. The summed E-state index contributed by atoms with van der Waals surface area (Å²) in [6.45, 7) is 2.19. The van der Waals surface area contributed by atoms with E-state index < -0.39 is 5.91 Å². The third kappa shape index (κ3) is 5.52. The van der Waals surface area contributed by atoms with Gasteiger partial charge in [0, 0.05) is 11.1 Å². The Morgan fingerprint density at radius 3 is 2.94 bits per heavy atom. The summed E-state index contributed by atoms with van der Waals surface area (Å²) in [5.74, 6) is 0.113. The predicted molar refractivity (Wildman–Crippen MR) is 69.8 cm³/mol. The van der Waals surface area contributed by atoms with Crippen molar-refractivity contribution in [3.8, 4) is 5.75 Å². The van der Waals surface area contributed by atoms with Crippen molar-refractivity contribution < 1.29 is 14.7 Å². The molecule has 18 heavy (non-hydrogen) atoms. The Labute approximate surface area is 110 Å². The van der Waals surface area contributed by atoms with E-state index in [1.807, 2.05) is 19.1 Å². The first kappa shape index (κ1) is 14.3. The van der Waals surface area contributed by atoms with Crippen LogP contribution in [0.4, 0.5) is 0 Å². The molecule has 1 rings (SSSR count). The topological polar surface area (TPSA) is 58.6 Å². The Morgan fingerprint density at radius 1 is 1.50 bits per heavy atom. The highest BCUT2D eigenvalue weighted by Crippen LogP contribution is 2.17. The monoisotopic (exact) mass is 267 g/mol. The standard InChI is InChI=1S/C13H14ClNO3/c1-10(5-6-13(16)15-17)7-8-18-12-4-2-3-11(14)9-12/h2-7,9,17H,8H2,1H3,(H,15,16)/b6-5+,10-7+. The Kier molecular flexibility index (Phi) is 5.97. The number of hydrogen-bond acceptors (Lipinski definition) is 3. The van der Waals surface area contributed by atoms with Gasteiger partial charge in [0.1, 0.15) is 12.4 Å². The van der Waals surface area contributed by atoms with Crippen molar-refractivity contribution in [2.24, 2.45) is 0 Å². The minimum absolute atomic E-state index is 0.372. The van der Waals surface area contributed by atoms with Gasteiger partial charge in [0.25, 0.3) is 5.91 Å². The molecule has 0 saturated carbocycles. The molecule has 5 heteroatoms. The molecule has 0 aliphatic rings. The van der Waals surface area contributed by atoms with Gasteiger partial charge in [-0.2, -0.15) is 0 Å². The first-order valence-electron chi connectivity index (χ1n) is 5.29. The molecule has 1 aromatic carbocycles. The molecule has 4 nitrogen and oxygen atoms in total. The number of carbonyl (C=O) groups is 1. The van der Waals surface area contributed by atoms with Gasteiger partial charge in [-0.3, -0.25) is 10.0 Å². The van der Waals surface area contributed by atoms with Crippen molar-refractivity contribution >= 4 is 17.5 Å². The fourth-order valence-electron chi connectivity index (χ4n) is 1.14. The smallest absolute Gasteiger partial charge is 0.267 e. The van der Waals surface area contributed by atoms with Gasteiger partial charge < -0.3 is 4.74 Å². The molecule has 1 aromatic rings. The maximum Gasteiger partial charge on any atom is 0.267 e. The summed E-state index contributed by atoms with van der Waals surface area (Å²) in [6.07, 6.45) is 4.61. The number of amides is 1. The molecule has 0 fully saturated rings. The van der Waals surface area contributed by atoms with Crippen LogP contribution in [-0.4, -0.2) is 17.7 Å². The summed E-state index contributed by atoms with van der Waals surface area (Å²) in [6, 6.07) is 7.11. The fraction of sp³-hybridized carbons (Fsp3) is 0.154. The molecule has 2 N–H and O–H groups in total. The number of benzene rings is 1. The van der Waals surface area contributed by atoms with E-state index in [4.69, 9.17) is 21.5 Å². The normalized spacial score (nSPS) is 11.6. The Bertz CT molecular complexity index is 469. The summed E-state index contributed by atoms with van der Waals surface area (Å²) < 4.78 is 5.45. The maximum atomic E-state index is 10.7. The van der Waals surface area contributed by atoms with Gasteiger partial charge in [-0.25, -0.2) is 5.48 Å². The minimum Gasteiger partial charge on any atom is -0.489 e. The highest BCUT2D eigenvalue weighted by Gasteiger charge is 1.93. The number of rotatable bonds is 5. The zero-order chi connectivity index (χ0) is 13.4. The average Bonchev–Trinajstić information content (AvgIpc) is 2.36. The van der Waals surface area contributed by atoms with E-state index >= 15 is 0 Å². The third-order valence-corrected chi connectivity index (χ3v) is 2.29. The van der Waals surface area contributed by atoms with Gasteiger partial charge in [-0.1, -0.05) is 29.3 Å². The van der Waals surface area contributed by atoms with Crippen LogP contribution >= 0.6 is 11.6 Å². The van der Waals surface area contributed by atoms with E-state index in [-0.39, 0.29) is 0 Å². The molecule has 0 aliphatic heterocycles. The van der Waals surface area contributed by atoms with Gasteiger partial charge in [-0.05, 0) is 31.2 Å². The molecule has 0 bridgehead atoms. The van der Waals surface area contributed by atoms with Crippen LogP contribution in [0.25, 0.3) is 0 Å². The highest BCUT2D eigenvalue weighted by atomic mass is 35.5. The molecule has 0 spiro atoms. The van der Waals surface area contributed by atoms with E-state index in [0.29, 0.717) is 17.4 Å². The molecule has 96 valence electrons. The first-order chi connectivity index (χ1) is 8.61. The maximum absolute atomic E-state index is 10.7. The largest absolute Gasteiger partial charge is 0.489 e. The van der Waals surface area contributed by atoms with Crippen molar-refractivity contribution in [1.82, 2.24) is 5.48 Å². The van der Waals surface area contributed by atoms with E-state index in [1.165, 1.54) is 11.6 Å². The zero-order valence-electron chi connectivity index (χ0n) is 9.89. The molecule has 0 heterocycles. The quantitative estimate of drug-likeness (QED) is 0.373. The van der Waals surface area contributed by atoms with Gasteiger partial charge in [0.15, 0.2) is 0 Å². The molecule has 0 radical (unpaired) electrons. The Hall–Kier alpha value is -1.78. The second-order valence-corrected chi connectivity index (χ2v) is 3.96. The lowest BCUT2D eigenvalue weighted by Gasteiger charge is -2.03. The second kappa shape index (κ2) is 7.53. The molecule has 0 atom stereocenters. The van der Waals surface area contributed by atoms with Gasteiger partial charge >= 0.3 is 0 Å². The Balaban J connectivity index is 2.45. The average molecular weight is 268 g/mol. The molecular formula is C13H14ClNO3. The summed E-state index contributed by atoms with van der Waals surface area (Å²) in [7, 11) is 0. The van der Waals surface area contributed by atoms with Crippen LogP contribution in [0.1, 0.15) is 6.92 Å². The molecule has 1 amide bonds. The summed E-state index contributed by atoms with van der Waals surface area (Å²) in [4.78, 5) is 10.7. The number of ether oxygens (including phenoxy) is 1. The van der Waals surface area contributed by atoms with Crippen LogP contribution in [0.15, 0.2) is 48.1 Å². The van der Waals surface area contributed by atoms with Crippen molar-refractivity contribution in [2.45, 2.75) is 6.92 Å². The fourth-order valence-corrected chi connectivity index (χ4v) is 1.32. The molecule has 0 aliphatic carbocycles. The second-order valence-electron chi connectivity index (χ2n) is 3.53. The van der Waals surface area contributed by atoms with Crippen LogP contribution in [0, 0.1) is 0 Å². The Morgan fingerprint density at radius 2 is 2.28 bits per heavy atom. The van der Waals surface area contributed by atoms with Crippen LogP contribution in [0.2, 0.25) is 5.02 Å². The third-order valence-electron chi connectivity index (χ3n) is 2.06. The van der Waals surface area contributed by atoms with Crippen LogP contribution in [0.3, 0.4) is 0 Å². The number of hydrogen-bond donors (Lipinski definition) is 2. The van der Waals surface area contributed by atoms with E-state index in [1.54, 1.807) is 24.3 Å². The summed E-state index contributed by atoms with van der Waals surface area (Å²) in [5.41, 5.74) is 2.36. The van der Waals surface area contributed by atoms with Crippen LogP contribution < -0.4 is 10.2 Å². The summed E-state index contributed by atoms with van der Waals surface area (Å²) >= 11 is 5.81. The van der Waals surface area contributed by atoms with Crippen molar-refractivity contribution in [2.75, 3.05) is 6.61 Å². The molecular weight excluding hydrogens is 254 g/mol. The number of carbonyl (C=O) groups excluding carboxylic acids is 1. The van der Waals surface area contributed by atoms with Crippen molar-refractivity contribution in [3.63, 3.8) is 0 Å². The first-order valence-corrected chi connectivity index (χ1v) is 5.67. The number of halogens is 1.